The number of aromatic nitrogens is 2. The lowest BCUT2D eigenvalue weighted by atomic mass is 10.3. The Morgan fingerprint density at radius 1 is 1.15 bits per heavy atom. The Hall–Kier alpha value is -3.00. The van der Waals surface area contributed by atoms with Gasteiger partial charge in [-0.1, -0.05) is 12.1 Å². The molecule has 2 aromatic heterocycles. The number of pyridine rings is 1. The number of nitrogens with zero attached hydrogens (tertiary/aromatic N) is 3. The van der Waals surface area contributed by atoms with Crippen molar-refractivity contribution in [2.75, 3.05) is 7.05 Å². The number of rotatable bonds is 6. The minimum Gasteiger partial charge on any atom is -0.439 e. The number of halogens is 1. The summed E-state index contributed by atoms with van der Waals surface area (Å²) in [5.41, 5.74) is 0.967. The molecule has 140 valence electrons. The van der Waals surface area contributed by atoms with Gasteiger partial charge in [0, 0.05) is 43.0 Å². The summed E-state index contributed by atoms with van der Waals surface area (Å²) in [6.07, 6.45) is 3.57. The Kier molecular flexibility index (Phi) is 6.32. The molecule has 2 N–H and O–H groups in total. The molecule has 0 atom stereocenters. The maximum atomic E-state index is 13.2. The normalized spacial score (nSPS) is 11.3. The van der Waals surface area contributed by atoms with Crippen LogP contribution in [0.15, 0.2) is 53.8 Å². The van der Waals surface area contributed by atoms with E-state index in [9.17, 15) is 4.39 Å². The SMILES string of the molecule is CN=C(NCc1ccc(Oc2cccc(F)c2)nc1)NCc1ncc(C)s1. The van der Waals surface area contributed by atoms with E-state index < -0.39 is 0 Å². The van der Waals surface area contributed by atoms with E-state index in [1.54, 1.807) is 42.8 Å². The molecule has 0 bridgehead atoms. The van der Waals surface area contributed by atoms with Crippen molar-refractivity contribution >= 4 is 17.3 Å². The number of benzene rings is 1. The third-order valence-corrected chi connectivity index (χ3v) is 4.49. The molecule has 0 aliphatic rings. The molecular formula is C19H20FN5OS. The van der Waals surface area contributed by atoms with Crippen LogP contribution in [0.25, 0.3) is 0 Å². The number of aliphatic imine (C=N–C) groups is 1. The van der Waals surface area contributed by atoms with Crippen LogP contribution in [0.2, 0.25) is 0 Å². The fourth-order valence-electron chi connectivity index (χ4n) is 2.28. The second kappa shape index (κ2) is 9.09. The van der Waals surface area contributed by atoms with Gasteiger partial charge in [0.2, 0.25) is 5.88 Å². The smallest absolute Gasteiger partial charge is 0.219 e. The number of hydrogen-bond acceptors (Lipinski definition) is 5. The van der Waals surface area contributed by atoms with Gasteiger partial charge in [0.05, 0.1) is 6.54 Å². The first-order valence-corrected chi connectivity index (χ1v) is 9.18. The van der Waals surface area contributed by atoms with Crippen LogP contribution in [0.1, 0.15) is 15.4 Å². The van der Waals surface area contributed by atoms with Crippen LogP contribution in [0.3, 0.4) is 0 Å². The number of thiazole rings is 1. The van der Waals surface area contributed by atoms with Crippen LogP contribution < -0.4 is 15.4 Å². The summed E-state index contributed by atoms with van der Waals surface area (Å²) in [7, 11) is 1.72. The predicted octanol–water partition coefficient (Wildman–Crippen LogP) is 3.64. The standard InChI is InChI=1S/C19H20FN5OS/c1-13-9-23-18(27-13)12-25-19(21-2)24-11-14-6-7-17(22-10-14)26-16-5-3-4-15(20)8-16/h3-10H,11-12H2,1-2H3,(H2,21,24,25). The van der Waals surface area contributed by atoms with E-state index >= 15 is 0 Å². The lowest BCUT2D eigenvalue weighted by Gasteiger charge is -2.11. The molecule has 6 nitrogen and oxygen atoms in total. The van der Waals surface area contributed by atoms with Crippen LogP contribution >= 0.6 is 11.3 Å². The molecule has 0 fully saturated rings. The second-order valence-electron chi connectivity index (χ2n) is 5.71. The molecule has 3 rings (SSSR count). The van der Waals surface area contributed by atoms with Gasteiger partial charge in [-0.3, -0.25) is 4.99 Å². The molecule has 27 heavy (non-hydrogen) atoms. The molecule has 0 aliphatic heterocycles. The lowest BCUT2D eigenvalue weighted by Crippen LogP contribution is -2.36. The van der Waals surface area contributed by atoms with Crippen LogP contribution in [0, 0.1) is 12.7 Å². The molecule has 3 aromatic rings. The fourth-order valence-corrected chi connectivity index (χ4v) is 3.00. The summed E-state index contributed by atoms with van der Waals surface area (Å²) in [4.78, 5) is 13.9. The molecule has 1 aromatic carbocycles. The van der Waals surface area contributed by atoms with E-state index in [0.29, 0.717) is 30.7 Å². The first-order valence-electron chi connectivity index (χ1n) is 8.36. The zero-order chi connectivity index (χ0) is 19.1. The molecule has 8 heteroatoms. The summed E-state index contributed by atoms with van der Waals surface area (Å²) in [6.45, 7) is 3.21. The Bertz CT molecular complexity index is 910. The van der Waals surface area contributed by atoms with E-state index in [1.807, 2.05) is 19.2 Å². The summed E-state index contributed by atoms with van der Waals surface area (Å²) >= 11 is 1.65. The molecule has 0 saturated carbocycles. The predicted molar refractivity (Wildman–Crippen MR) is 105 cm³/mol. The van der Waals surface area contributed by atoms with Crippen molar-refractivity contribution in [1.82, 2.24) is 20.6 Å². The van der Waals surface area contributed by atoms with E-state index in [4.69, 9.17) is 4.74 Å². The number of guanidine groups is 1. The van der Waals surface area contributed by atoms with Gasteiger partial charge in [0.1, 0.15) is 16.6 Å². The first kappa shape index (κ1) is 18.8. The highest BCUT2D eigenvalue weighted by molar-refractivity contribution is 7.11. The summed E-state index contributed by atoms with van der Waals surface area (Å²) < 4.78 is 18.7. The van der Waals surface area contributed by atoms with Crippen LogP contribution in [0.5, 0.6) is 11.6 Å². The monoisotopic (exact) mass is 385 g/mol. The fraction of sp³-hybridized carbons (Fsp3) is 0.211. The highest BCUT2D eigenvalue weighted by atomic mass is 32.1. The summed E-state index contributed by atoms with van der Waals surface area (Å²) in [5.74, 6) is 1.16. The van der Waals surface area contributed by atoms with Crippen molar-refractivity contribution in [1.29, 1.82) is 0 Å². The van der Waals surface area contributed by atoms with Gasteiger partial charge in [-0.05, 0) is 24.6 Å². The largest absolute Gasteiger partial charge is 0.439 e. The Balaban J connectivity index is 1.50. The van der Waals surface area contributed by atoms with Crippen molar-refractivity contribution in [2.24, 2.45) is 4.99 Å². The van der Waals surface area contributed by atoms with Crippen LogP contribution in [0.4, 0.5) is 4.39 Å². The zero-order valence-electron chi connectivity index (χ0n) is 15.1. The van der Waals surface area contributed by atoms with Gasteiger partial charge in [-0.2, -0.15) is 0 Å². The van der Waals surface area contributed by atoms with Crippen LogP contribution in [-0.2, 0) is 13.1 Å². The van der Waals surface area contributed by atoms with Gasteiger partial charge in [-0.25, -0.2) is 14.4 Å². The van der Waals surface area contributed by atoms with E-state index in [2.05, 4.69) is 25.6 Å². The third-order valence-electron chi connectivity index (χ3n) is 3.58. The van der Waals surface area contributed by atoms with Gasteiger partial charge < -0.3 is 15.4 Å². The molecule has 0 saturated heterocycles. The summed E-state index contributed by atoms with van der Waals surface area (Å²) in [5, 5.41) is 7.46. The maximum Gasteiger partial charge on any atom is 0.219 e. The minimum atomic E-state index is -0.347. The van der Waals surface area contributed by atoms with Gasteiger partial charge in [0.15, 0.2) is 5.96 Å². The Labute approximate surface area is 161 Å². The maximum absolute atomic E-state index is 13.2. The van der Waals surface area contributed by atoms with Crippen molar-refractivity contribution in [3.8, 4) is 11.6 Å². The molecule has 0 radical (unpaired) electrons. The average molecular weight is 385 g/mol. The highest BCUT2D eigenvalue weighted by Gasteiger charge is 2.04. The van der Waals surface area contributed by atoms with Gasteiger partial charge in [0.25, 0.3) is 0 Å². The molecule has 0 amide bonds. The topological polar surface area (TPSA) is 71.4 Å². The quantitative estimate of drug-likeness (QED) is 0.501. The van der Waals surface area contributed by atoms with Gasteiger partial charge >= 0.3 is 0 Å². The van der Waals surface area contributed by atoms with E-state index in [-0.39, 0.29) is 5.82 Å². The van der Waals surface area contributed by atoms with Crippen molar-refractivity contribution in [3.63, 3.8) is 0 Å². The lowest BCUT2D eigenvalue weighted by molar-refractivity contribution is 0.457. The number of hydrogen-bond donors (Lipinski definition) is 2. The van der Waals surface area contributed by atoms with E-state index in [0.717, 1.165) is 10.6 Å². The third kappa shape index (κ3) is 5.75. The molecule has 0 unspecified atom stereocenters. The minimum absolute atomic E-state index is 0.347. The second-order valence-corrected chi connectivity index (χ2v) is 7.03. The molecular weight excluding hydrogens is 365 g/mol. The average Bonchev–Trinajstić information content (AvgIpc) is 3.08. The summed E-state index contributed by atoms with van der Waals surface area (Å²) in [6, 6.07) is 9.60. The highest BCUT2D eigenvalue weighted by Crippen LogP contribution is 2.20. The van der Waals surface area contributed by atoms with Crippen molar-refractivity contribution in [2.45, 2.75) is 20.0 Å². The number of aryl methyl sites for hydroxylation is 1. The van der Waals surface area contributed by atoms with E-state index in [1.165, 1.54) is 17.0 Å². The Morgan fingerprint density at radius 3 is 2.67 bits per heavy atom. The molecule has 2 heterocycles. The van der Waals surface area contributed by atoms with Crippen molar-refractivity contribution < 1.29 is 9.13 Å². The Morgan fingerprint density at radius 2 is 2.00 bits per heavy atom. The zero-order valence-corrected chi connectivity index (χ0v) is 15.9. The van der Waals surface area contributed by atoms with Crippen molar-refractivity contribution in [3.05, 3.63) is 70.1 Å². The number of ether oxygens (including phenoxy) is 1. The molecule has 0 spiro atoms. The van der Waals surface area contributed by atoms with Crippen LogP contribution in [-0.4, -0.2) is 23.0 Å². The first-order chi connectivity index (χ1) is 13.1. The van der Waals surface area contributed by atoms with Gasteiger partial charge in [-0.15, -0.1) is 11.3 Å². The number of nitrogens with one attached hydrogen (secondary N) is 2. The molecule has 0 aliphatic carbocycles.